The van der Waals surface area contributed by atoms with Crippen molar-refractivity contribution in [2.75, 3.05) is 6.54 Å². The van der Waals surface area contributed by atoms with Gasteiger partial charge in [0.25, 0.3) is 6.47 Å². The molecular formula is C12H19NO4. The third-order valence-electron chi connectivity index (χ3n) is 2.34. The molecule has 1 amide bonds. The first-order valence-corrected chi connectivity index (χ1v) is 5.65. The second-order valence-corrected chi connectivity index (χ2v) is 4.91. The van der Waals surface area contributed by atoms with E-state index in [-0.39, 0.29) is 0 Å². The summed E-state index contributed by atoms with van der Waals surface area (Å²) in [5.41, 5.74) is 0.500. The number of ether oxygens (including phenoxy) is 2. The molecule has 0 saturated heterocycles. The summed E-state index contributed by atoms with van der Waals surface area (Å²) in [6.07, 6.45) is 1.48. The summed E-state index contributed by atoms with van der Waals surface area (Å²) in [7, 11) is 0. The van der Waals surface area contributed by atoms with Gasteiger partial charge in [0.2, 0.25) is 0 Å². The maximum Gasteiger partial charge on any atom is 0.413 e. The standard InChI is InChI=1S/C12H19NO4/c1-5-9-6-10(16-8-14)13(7-9)11(15)17-12(2,3)4/h6,8,10H,5,7H2,1-4H3/t10-/m1/s1. The molecule has 1 aliphatic heterocycles. The van der Waals surface area contributed by atoms with E-state index in [1.54, 1.807) is 26.8 Å². The molecule has 0 radical (unpaired) electrons. The van der Waals surface area contributed by atoms with Crippen molar-refractivity contribution < 1.29 is 19.1 Å². The third-order valence-corrected chi connectivity index (χ3v) is 2.34. The zero-order chi connectivity index (χ0) is 13.1. The van der Waals surface area contributed by atoms with Crippen LogP contribution in [-0.2, 0) is 14.3 Å². The first-order chi connectivity index (χ1) is 7.87. The molecule has 1 heterocycles. The predicted octanol–water partition coefficient (Wildman–Crippen LogP) is 2.07. The molecule has 1 atom stereocenters. The fourth-order valence-corrected chi connectivity index (χ4v) is 1.54. The fourth-order valence-electron chi connectivity index (χ4n) is 1.54. The van der Waals surface area contributed by atoms with Crippen LogP contribution in [0, 0.1) is 0 Å². The number of nitrogens with zero attached hydrogens (tertiary/aromatic N) is 1. The Morgan fingerprint density at radius 1 is 1.59 bits per heavy atom. The van der Waals surface area contributed by atoms with Crippen molar-refractivity contribution in [1.82, 2.24) is 4.90 Å². The molecule has 5 nitrogen and oxygen atoms in total. The van der Waals surface area contributed by atoms with E-state index >= 15 is 0 Å². The summed E-state index contributed by atoms with van der Waals surface area (Å²) < 4.78 is 10.1. The number of hydrogen-bond acceptors (Lipinski definition) is 4. The topological polar surface area (TPSA) is 55.8 Å². The fraction of sp³-hybridized carbons (Fsp3) is 0.667. The Morgan fingerprint density at radius 2 is 2.24 bits per heavy atom. The predicted molar refractivity (Wildman–Crippen MR) is 62.3 cm³/mol. The van der Waals surface area contributed by atoms with Gasteiger partial charge in [-0.2, -0.15) is 0 Å². The van der Waals surface area contributed by atoms with Crippen LogP contribution in [0.4, 0.5) is 4.79 Å². The van der Waals surface area contributed by atoms with Crippen LogP contribution >= 0.6 is 0 Å². The highest BCUT2D eigenvalue weighted by Crippen LogP contribution is 2.22. The highest BCUT2D eigenvalue weighted by atomic mass is 16.6. The van der Waals surface area contributed by atoms with E-state index in [9.17, 15) is 9.59 Å². The monoisotopic (exact) mass is 241 g/mol. The molecule has 0 aromatic rings. The summed E-state index contributed by atoms with van der Waals surface area (Å²) in [5, 5.41) is 0. The molecule has 1 rings (SSSR count). The molecule has 0 spiro atoms. The van der Waals surface area contributed by atoms with Crippen LogP contribution in [0.15, 0.2) is 11.6 Å². The number of amides is 1. The zero-order valence-electron chi connectivity index (χ0n) is 10.7. The van der Waals surface area contributed by atoms with Gasteiger partial charge in [0.05, 0.1) is 0 Å². The Bertz CT molecular complexity index is 330. The highest BCUT2D eigenvalue weighted by molar-refractivity contribution is 5.70. The Morgan fingerprint density at radius 3 is 2.71 bits per heavy atom. The molecule has 96 valence electrons. The van der Waals surface area contributed by atoms with Crippen molar-refractivity contribution in [3.63, 3.8) is 0 Å². The summed E-state index contributed by atoms with van der Waals surface area (Å²) in [5.74, 6) is 0. The van der Waals surface area contributed by atoms with Crippen molar-refractivity contribution in [2.45, 2.75) is 45.9 Å². The van der Waals surface area contributed by atoms with Gasteiger partial charge in [-0.15, -0.1) is 0 Å². The van der Waals surface area contributed by atoms with Crippen LogP contribution in [-0.4, -0.2) is 35.8 Å². The van der Waals surface area contributed by atoms with Crippen LogP contribution < -0.4 is 0 Å². The minimum Gasteiger partial charge on any atom is -0.444 e. The maximum absolute atomic E-state index is 11.9. The first-order valence-electron chi connectivity index (χ1n) is 5.65. The number of carbonyl (C=O) groups excluding carboxylic acids is 2. The lowest BCUT2D eigenvalue weighted by Crippen LogP contribution is -2.41. The molecule has 0 aromatic carbocycles. The molecule has 0 unspecified atom stereocenters. The zero-order valence-corrected chi connectivity index (χ0v) is 10.7. The normalized spacial score (nSPS) is 19.9. The second kappa shape index (κ2) is 5.21. The Balaban J connectivity index is 2.70. The Hall–Kier alpha value is -1.52. The largest absolute Gasteiger partial charge is 0.444 e. The lowest BCUT2D eigenvalue weighted by atomic mass is 10.2. The minimum atomic E-state index is -0.641. The van der Waals surface area contributed by atoms with Gasteiger partial charge in [-0.05, 0) is 38.8 Å². The van der Waals surface area contributed by atoms with Crippen molar-refractivity contribution >= 4 is 12.6 Å². The molecule has 0 aliphatic carbocycles. The quantitative estimate of drug-likeness (QED) is 0.560. The van der Waals surface area contributed by atoms with Gasteiger partial charge in [-0.3, -0.25) is 9.69 Å². The van der Waals surface area contributed by atoms with Crippen molar-refractivity contribution in [3.05, 3.63) is 11.6 Å². The van der Waals surface area contributed by atoms with Crippen molar-refractivity contribution in [2.24, 2.45) is 0 Å². The molecule has 1 aliphatic rings. The average molecular weight is 241 g/mol. The Labute approximate surface area is 101 Å². The lowest BCUT2D eigenvalue weighted by molar-refractivity contribution is -0.137. The average Bonchev–Trinajstić information content (AvgIpc) is 2.59. The maximum atomic E-state index is 11.9. The van der Waals surface area contributed by atoms with Crippen molar-refractivity contribution in [3.8, 4) is 0 Å². The van der Waals surface area contributed by atoms with Gasteiger partial charge in [-0.1, -0.05) is 6.92 Å². The van der Waals surface area contributed by atoms with Crippen molar-refractivity contribution in [1.29, 1.82) is 0 Å². The molecule has 0 saturated carbocycles. The highest BCUT2D eigenvalue weighted by Gasteiger charge is 2.32. The van der Waals surface area contributed by atoms with Gasteiger partial charge in [-0.25, -0.2) is 4.79 Å². The minimum absolute atomic E-state index is 0.344. The molecule has 5 heteroatoms. The molecule has 0 bridgehead atoms. The van der Waals surface area contributed by atoms with Gasteiger partial charge in [0.15, 0.2) is 6.23 Å². The summed E-state index contributed by atoms with van der Waals surface area (Å²) in [6.45, 7) is 8.17. The SMILES string of the molecule is CCC1=C[C@@H](OC=O)N(C(=O)OC(C)(C)C)C1. The molecular weight excluding hydrogens is 222 g/mol. The van der Waals surface area contributed by atoms with E-state index in [2.05, 4.69) is 0 Å². The number of hydrogen-bond donors (Lipinski definition) is 0. The third kappa shape index (κ3) is 3.76. The van der Waals surface area contributed by atoms with E-state index in [1.165, 1.54) is 4.90 Å². The van der Waals surface area contributed by atoms with E-state index < -0.39 is 17.9 Å². The molecule has 17 heavy (non-hydrogen) atoms. The van der Waals surface area contributed by atoms with Gasteiger partial charge >= 0.3 is 6.09 Å². The van der Waals surface area contributed by atoms with Crippen LogP contribution in [0.25, 0.3) is 0 Å². The number of rotatable bonds is 3. The second-order valence-electron chi connectivity index (χ2n) is 4.91. The van der Waals surface area contributed by atoms with Gasteiger partial charge in [0, 0.05) is 6.54 Å². The summed E-state index contributed by atoms with van der Waals surface area (Å²) >= 11 is 0. The van der Waals surface area contributed by atoms with E-state index in [1.807, 2.05) is 6.92 Å². The van der Waals surface area contributed by atoms with Crippen LogP contribution in [0.3, 0.4) is 0 Å². The van der Waals surface area contributed by atoms with Crippen LogP contribution in [0.2, 0.25) is 0 Å². The van der Waals surface area contributed by atoms with E-state index in [0.717, 1.165) is 12.0 Å². The Kier molecular flexibility index (Phi) is 4.15. The van der Waals surface area contributed by atoms with Gasteiger partial charge < -0.3 is 9.47 Å². The van der Waals surface area contributed by atoms with E-state index in [0.29, 0.717) is 13.0 Å². The molecule has 0 N–H and O–H groups in total. The van der Waals surface area contributed by atoms with Crippen LogP contribution in [0.5, 0.6) is 0 Å². The lowest BCUT2D eigenvalue weighted by Gasteiger charge is -2.27. The van der Waals surface area contributed by atoms with Crippen LogP contribution in [0.1, 0.15) is 34.1 Å². The summed E-state index contributed by atoms with van der Waals surface area (Å²) in [4.78, 5) is 23.7. The van der Waals surface area contributed by atoms with E-state index in [4.69, 9.17) is 9.47 Å². The molecule has 0 fully saturated rings. The van der Waals surface area contributed by atoms with Gasteiger partial charge in [0.1, 0.15) is 5.60 Å². The smallest absolute Gasteiger partial charge is 0.413 e. The number of carbonyl (C=O) groups is 2. The molecule has 0 aromatic heterocycles. The summed E-state index contributed by atoms with van der Waals surface area (Å²) in [6, 6.07) is 0. The first kappa shape index (κ1) is 13.5.